The van der Waals surface area contributed by atoms with Gasteiger partial charge in [-0.1, -0.05) is 0 Å². The summed E-state index contributed by atoms with van der Waals surface area (Å²) in [5.74, 6) is -0.208. The molecule has 0 aromatic heterocycles. The molecular weight excluding hydrogens is 279 g/mol. The van der Waals surface area contributed by atoms with E-state index >= 15 is 0 Å². The summed E-state index contributed by atoms with van der Waals surface area (Å²) < 4.78 is 19.1. The number of fused-ring (bicyclic) bond motifs is 1. The van der Waals surface area contributed by atoms with Gasteiger partial charge in [-0.25, -0.2) is 4.39 Å². The monoisotopic (exact) mass is 294 g/mol. The van der Waals surface area contributed by atoms with Gasteiger partial charge in [0.1, 0.15) is 11.8 Å². The molecule has 1 aromatic rings. The molecule has 0 aliphatic carbocycles. The second-order valence-electron chi connectivity index (χ2n) is 4.98. The largest absolute Gasteiger partial charge is 0.497 e. The maximum atomic E-state index is 14.2. The van der Waals surface area contributed by atoms with Crippen molar-refractivity contribution in [3.63, 3.8) is 0 Å². The molecule has 1 aromatic carbocycles. The van der Waals surface area contributed by atoms with Gasteiger partial charge in [-0.2, -0.15) is 0 Å². The van der Waals surface area contributed by atoms with Gasteiger partial charge in [0.15, 0.2) is 10.9 Å². The van der Waals surface area contributed by atoms with Crippen molar-refractivity contribution in [1.82, 2.24) is 4.90 Å². The lowest BCUT2D eigenvalue weighted by molar-refractivity contribution is -0.120. The van der Waals surface area contributed by atoms with E-state index in [0.717, 1.165) is 25.8 Å². The number of hydrogen-bond donors (Lipinski definition) is 0. The lowest BCUT2D eigenvalue weighted by atomic mass is 10.0. The Kier molecular flexibility index (Phi) is 3.33. The lowest BCUT2D eigenvalue weighted by Crippen LogP contribution is -2.38. The summed E-state index contributed by atoms with van der Waals surface area (Å²) in [4.78, 5) is 15.7. The van der Waals surface area contributed by atoms with Crippen LogP contribution in [0.15, 0.2) is 18.2 Å². The fourth-order valence-electron chi connectivity index (χ4n) is 2.81. The van der Waals surface area contributed by atoms with Gasteiger partial charge in [-0.15, -0.1) is 0 Å². The highest BCUT2D eigenvalue weighted by atomic mass is 32.1. The van der Waals surface area contributed by atoms with Crippen LogP contribution in [0.4, 0.5) is 10.1 Å². The van der Waals surface area contributed by atoms with E-state index in [1.165, 1.54) is 24.1 Å². The highest BCUT2D eigenvalue weighted by molar-refractivity contribution is 7.80. The van der Waals surface area contributed by atoms with Crippen molar-refractivity contribution in [2.75, 3.05) is 18.6 Å². The second-order valence-corrected chi connectivity index (χ2v) is 5.34. The highest BCUT2D eigenvalue weighted by Gasteiger charge is 2.44. The third kappa shape index (κ3) is 1.95. The van der Waals surface area contributed by atoms with Gasteiger partial charge < -0.3 is 9.64 Å². The van der Waals surface area contributed by atoms with Crippen molar-refractivity contribution in [2.24, 2.45) is 0 Å². The van der Waals surface area contributed by atoms with Gasteiger partial charge in [0.05, 0.1) is 12.8 Å². The summed E-state index contributed by atoms with van der Waals surface area (Å²) >= 11 is 5.35. The fourth-order valence-corrected chi connectivity index (χ4v) is 3.21. The Bertz CT molecular complexity index is 554. The molecule has 106 valence electrons. The molecule has 2 saturated heterocycles. The maximum absolute atomic E-state index is 14.2. The highest BCUT2D eigenvalue weighted by Crippen LogP contribution is 2.33. The number of amides is 1. The SMILES string of the molecule is COc1ccc(N2C(=O)C3CCCCN3C2=S)c(F)c1. The zero-order valence-electron chi connectivity index (χ0n) is 11.1. The van der Waals surface area contributed by atoms with Crippen molar-refractivity contribution in [2.45, 2.75) is 25.3 Å². The molecule has 0 bridgehead atoms. The van der Waals surface area contributed by atoms with E-state index < -0.39 is 5.82 Å². The zero-order valence-corrected chi connectivity index (χ0v) is 12.0. The number of carbonyl (C=O) groups excluding carboxylic acids is 1. The molecule has 0 N–H and O–H groups in total. The van der Waals surface area contributed by atoms with Crippen molar-refractivity contribution in [3.05, 3.63) is 24.0 Å². The molecule has 6 heteroatoms. The number of thiocarbonyl (C=S) groups is 1. The predicted molar refractivity (Wildman–Crippen MR) is 77.4 cm³/mol. The smallest absolute Gasteiger partial charge is 0.256 e. The molecule has 0 spiro atoms. The van der Waals surface area contributed by atoms with E-state index in [4.69, 9.17) is 17.0 Å². The first-order valence-electron chi connectivity index (χ1n) is 6.61. The Labute approximate surface area is 122 Å². The predicted octanol–water partition coefficient (Wildman–Crippen LogP) is 2.32. The summed E-state index contributed by atoms with van der Waals surface area (Å²) in [5, 5.41) is 0.406. The number of anilines is 1. The molecule has 2 aliphatic heterocycles. The van der Waals surface area contributed by atoms with E-state index in [9.17, 15) is 9.18 Å². The first kappa shape index (κ1) is 13.3. The van der Waals surface area contributed by atoms with Gasteiger partial charge in [-0.3, -0.25) is 9.69 Å². The molecule has 3 rings (SSSR count). The Balaban J connectivity index is 1.97. The van der Waals surface area contributed by atoms with Crippen molar-refractivity contribution < 1.29 is 13.9 Å². The molecule has 2 heterocycles. The van der Waals surface area contributed by atoms with Crippen molar-refractivity contribution in [1.29, 1.82) is 0 Å². The topological polar surface area (TPSA) is 32.8 Å². The van der Waals surface area contributed by atoms with Crippen LogP contribution in [0.3, 0.4) is 0 Å². The molecule has 1 unspecified atom stereocenters. The number of benzene rings is 1. The van der Waals surface area contributed by atoms with E-state index in [2.05, 4.69) is 0 Å². The van der Waals surface area contributed by atoms with E-state index in [0.29, 0.717) is 10.9 Å². The van der Waals surface area contributed by atoms with Gasteiger partial charge >= 0.3 is 0 Å². The second kappa shape index (κ2) is 5.01. The Morgan fingerprint density at radius 1 is 1.40 bits per heavy atom. The molecule has 1 atom stereocenters. The van der Waals surface area contributed by atoms with E-state index in [1.54, 1.807) is 6.07 Å². The van der Waals surface area contributed by atoms with Gasteiger partial charge in [0, 0.05) is 12.6 Å². The number of rotatable bonds is 2. The Hall–Kier alpha value is -1.69. The summed E-state index contributed by atoms with van der Waals surface area (Å²) in [6, 6.07) is 4.21. The molecule has 0 saturated carbocycles. The minimum Gasteiger partial charge on any atom is -0.497 e. The number of piperidine rings is 1. The first-order chi connectivity index (χ1) is 9.63. The summed E-state index contributed by atoms with van der Waals surface area (Å²) in [6.45, 7) is 0.767. The lowest BCUT2D eigenvalue weighted by Gasteiger charge is -2.27. The Morgan fingerprint density at radius 3 is 2.85 bits per heavy atom. The number of halogens is 1. The zero-order chi connectivity index (χ0) is 14.3. The van der Waals surface area contributed by atoms with Crippen molar-refractivity contribution in [3.8, 4) is 5.75 Å². The van der Waals surface area contributed by atoms with Crippen LogP contribution < -0.4 is 9.64 Å². The third-order valence-corrected chi connectivity index (χ3v) is 4.26. The summed E-state index contributed by atoms with van der Waals surface area (Å²) in [7, 11) is 1.47. The summed E-state index contributed by atoms with van der Waals surface area (Å²) in [5.41, 5.74) is 0.204. The molecule has 2 aliphatic rings. The van der Waals surface area contributed by atoms with Crippen molar-refractivity contribution >= 4 is 28.9 Å². The van der Waals surface area contributed by atoms with Gasteiger partial charge in [0.25, 0.3) is 5.91 Å². The first-order valence-corrected chi connectivity index (χ1v) is 7.02. The third-order valence-electron chi connectivity index (χ3n) is 3.84. The maximum Gasteiger partial charge on any atom is 0.256 e. The number of hydrogen-bond acceptors (Lipinski definition) is 3. The number of ether oxygens (including phenoxy) is 1. The minimum atomic E-state index is -0.500. The summed E-state index contributed by atoms with van der Waals surface area (Å²) in [6.07, 6.45) is 2.81. The quantitative estimate of drug-likeness (QED) is 0.784. The van der Waals surface area contributed by atoms with Gasteiger partial charge in [-0.05, 0) is 43.6 Å². The van der Waals surface area contributed by atoms with Crippen LogP contribution in [0.5, 0.6) is 5.75 Å². The number of nitrogens with zero attached hydrogens (tertiary/aromatic N) is 2. The average Bonchev–Trinajstić information content (AvgIpc) is 2.72. The molecule has 20 heavy (non-hydrogen) atoms. The minimum absolute atomic E-state index is 0.126. The molecular formula is C14H15FN2O2S. The number of carbonyl (C=O) groups is 1. The number of methoxy groups -OCH3 is 1. The van der Waals surface area contributed by atoms with Crippen LogP contribution in [0.1, 0.15) is 19.3 Å². The van der Waals surface area contributed by atoms with Crippen LogP contribution in [0, 0.1) is 5.82 Å². The van der Waals surface area contributed by atoms with Crippen LogP contribution in [0.2, 0.25) is 0 Å². The van der Waals surface area contributed by atoms with Crippen LogP contribution in [-0.2, 0) is 4.79 Å². The normalized spacial score (nSPS) is 22.2. The van der Waals surface area contributed by atoms with Crippen LogP contribution in [0.25, 0.3) is 0 Å². The van der Waals surface area contributed by atoms with Crippen LogP contribution >= 0.6 is 12.2 Å². The Morgan fingerprint density at radius 2 is 2.20 bits per heavy atom. The molecule has 1 amide bonds. The molecule has 2 fully saturated rings. The fraction of sp³-hybridized carbons (Fsp3) is 0.429. The van der Waals surface area contributed by atoms with E-state index in [1.807, 2.05) is 4.90 Å². The standard InChI is InChI=1S/C14H15FN2O2S/c1-19-9-5-6-11(10(15)8-9)17-13(18)12-4-2-3-7-16(12)14(17)20/h5-6,8,12H,2-4,7H2,1H3. The van der Waals surface area contributed by atoms with Gasteiger partial charge in [0.2, 0.25) is 0 Å². The van der Waals surface area contributed by atoms with Crippen LogP contribution in [-0.4, -0.2) is 35.6 Å². The molecule has 4 nitrogen and oxygen atoms in total. The average molecular weight is 294 g/mol. The van der Waals surface area contributed by atoms with E-state index in [-0.39, 0.29) is 17.6 Å². The molecule has 0 radical (unpaired) electrons.